The van der Waals surface area contributed by atoms with E-state index >= 15 is 0 Å². The van der Waals surface area contributed by atoms with Crippen molar-refractivity contribution >= 4 is 5.78 Å². The smallest absolute Gasteiger partial charge is 0.163 e. The highest BCUT2D eigenvalue weighted by molar-refractivity contribution is 5.98. The monoisotopic (exact) mass is 249 g/mol. The molecule has 98 valence electrons. The molecule has 0 bridgehead atoms. The zero-order valence-electron chi connectivity index (χ0n) is 10.9. The maximum absolute atomic E-state index is 12.2. The van der Waals surface area contributed by atoms with Gasteiger partial charge in [-0.3, -0.25) is 4.79 Å². The summed E-state index contributed by atoms with van der Waals surface area (Å²) in [6, 6.07) is 3.66. The Labute approximate surface area is 107 Å². The molecular weight excluding hydrogens is 230 g/mol. The van der Waals surface area contributed by atoms with E-state index in [1.807, 2.05) is 19.9 Å². The summed E-state index contributed by atoms with van der Waals surface area (Å²) in [6.45, 7) is 5.51. The molecule has 1 aliphatic heterocycles. The maximum Gasteiger partial charge on any atom is 0.163 e. The van der Waals surface area contributed by atoms with Gasteiger partial charge < -0.3 is 15.2 Å². The number of hydrogen-bond acceptors (Lipinski definition) is 4. The number of benzene rings is 1. The Morgan fingerprint density at radius 2 is 1.94 bits per heavy atom. The number of ketones is 1. The van der Waals surface area contributed by atoms with E-state index in [-0.39, 0.29) is 11.7 Å². The fraction of sp³-hybridized carbons (Fsp3) is 0.500. The average Bonchev–Trinajstić information content (AvgIpc) is 2.37. The number of carbonyl (C=O) groups is 1. The zero-order chi connectivity index (χ0) is 13.1. The minimum absolute atomic E-state index is 0.113. The van der Waals surface area contributed by atoms with Crippen LogP contribution in [-0.4, -0.2) is 25.5 Å². The van der Waals surface area contributed by atoms with Gasteiger partial charge in [0.05, 0.1) is 0 Å². The number of rotatable bonds is 4. The van der Waals surface area contributed by atoms with E-state index < -0.39 is 0 Å². The summed E-state index contributed by atoms with van der Waals surface area (Å²) in [5, 5.41) is 0. The molecule has 1 aromatic carbocycles. The first-order valence-corrected chi connectivity index (χ1v) is 6.25. The van der Waals surface area contributed by atoms with E-state index in [4.69, 9.17) is 15.2 Å². The minimum atomic E-state index is 0.113. The molecule has 0 aliphatic carbocycles. The molecule has 4 nitrogen and oxygen atoms in total. The molecule has 0 aromatic heterocycles. The molecule has 1 heterocycles. The Morgan fingerprint density at radius 3 is 2.56 bits per heavy atom. The van der Waals surface area contributed by atoms with Gasteiger partial charge in [-0.15, -0.1) is 0 Å². The highest BCUT2D eigenvalue weighted by atomic mass is 16.6. The van der Waals surface area contributed by atoms with E-state index in [1.54, 1.807) is 6.07 Å². The van der Waals surface area contributed by atoms with Crippen LogP contribution in [0.15, 0.2) is 12.1 Å². The van der Waals surface area contributed by atoms with Crippen molar-refractivity contribution in [1.29, 1.82) is 0 Å². The Morgan fingerprint density at radius 1 is 1.33 bits per heavy atom. The van der Waals surface area contributed by atoms with Crippen molar-refractivity contribution in [1.82, 2.24) is 0 Å². The van der Waals surface area contributed by atoms with Crippen LogP contribution < -0.4 is 15.2 Å². The Hall–Kier alpha value is -1.55. The van der Waals surface area contributed by atoms with Crippen molar-refractivity contribution < 1.29 is 14.3 Å². The second-order valence-corrected chi connectivity index (χ2v) is 4.78. The summed E-state index contributed by atoms with van der Waals surface area (Å²) in [5.74, 6) is 1.70. The Kier molecular flexibility index (Phi) is 3.87. The van der Waals surface area contributed by atoms with E-state index in [9.17, 15) is 4.79 Å². The topological polar surface area (TPSA) is 61.6 Å². The van der Waals surface area contributed by atoms with E-state index in [0.29, 0.717) is 37.5 Å². The van der Waals surface area contributed by atoms with Gasteiger partial charge in [0.15, 0.2) is 17.3 Å². The number of hydrogen-bond donors (Lipinski definition) is 1. The number of carbonyl (C=O) groups excluding carboxylic acids is 1. The second-order valence-electron chi connectivity index (χ2n) is 4.78. The predicted molar refractivity (Wildman–Crippen MR) is 69.3 cm³/mol. The van der Waals surface area contributed by atoms with Gasteiger partial charge in [0.1, 0.15) is 13.2 Å². The van der Waals surface area contributed by atoms with Gasteiger partial charge in [0, 0.05) is 12.0 Å². The van der Waals surface area contributed by atoms with Crippen molar-refractivity contribution in [2.45, 2.75) is 20.3 Å². The summed E-state index contributed by atoms with van der Waals surface area (Å²) >= 11 is 0. The van der Waals surface area contributed by atoms with Crippen LogP contribution in [0.25, 0.3) is 0 Å². The van der Waals surface area contributed by atoms with Gasteiger partial charge in [-0.1, -0.05) is 6.92 Å². The Bertz CT molecular complexity index is 457. The van der Waals surface area contributed by atoms with Gasteiger partial charge >= 0.3 is 0 Å². The molecule has 2 N–H and O–H groups in total. The van der Waals surface area contributed by atoms with Crippen LogP contribution in [-0.2, 0) is 0 Å². The molecule has 2 rings (SSSR count). The summed E-state index contributed by atoms with van der Waals surface area (Å²) < 4.78 is 11.0. The average molecular weight is 249 g/mol. The predicted octanol–water partition coefficient (Wildman–Crippen LogP) is 1.93. The van der Waals surface area contributed by atoms with Gasteiger partial charge in [0.2, 0.25) is 0 Å². The van der Waals surface area contributed by atoms with Crippen LogP contribution in [0.5, 0.6) is 11.5 Å². The largest absolute Gasteiger partial charge is 0.486 e. The maximum atomic E-state index is 12.2. The summed E-state index contributed by atoms with van der Waals surface area (Å²) in [6.07, 6.45) is 0.469. The molecule has 4 heteroatoms. The fourth-order valence-electron chi connectivity index (χ4n) is 2.00. The molecule has 1 unspecified atom stereocenters. The third-order valence-electron chi connectivity index (χ3n) is 3.13. The van der Waals surface area contributed by atoms with Gasteiger partial charge in [0.25, 0.3) is 0 Å². The number of Topliss-reactive ketones (excluding diaryl/α,β-unsaturated/α-hetero) is 1. The van der Waals surface area contributed by atoms with Crippen LogP contribution >= 0.6 is 0 Å². The van der Waals surface area contributed by atoms with Crippen molar-refractivity contribution in [3.05, 3.63) is 23.3 Å². The number of ether oxygens (including phenoxy) is 2. The number of aryl methyl sites for hydroxylation is 1. The Balaban J connectivity index is 2.25. The fourth-order valence-corrected chi connectivity index (χ4v) is 2.00. The molecule has 0 amide bonds. The van der Waals surface area contributed by atoms with Crippen molar-refractivity contribution in [2.24, 2.45) is 11.7 Å². The summed E-state index contributed by atoms with van der Waals surface area (Å²) in [4.78, 5) is 12.2. The lowest BCUT2D eigenvalue weighted by atomic mass is 9.96. The van der Waals surface area contributed by atoms with Crippen molar-refractivity contribution in [3.8, 4) is 11.5 Å². The molecule has 0 fully saturated rings. The molecule has 1 aromatic rings. The lowest BCUT2D eigenvalue weighted by molar-refractivity contribution is 0.0964. The molecule has 0 saturated carbocycles. The molecule has 18 heavy (non-hydrogen) atoms. The lowest BCUT2D eigenvalue weighted by Gasteiger charge is -2.20. The van der Waals surface area contributed by atoms with Crippen LogP contribution in [0.3, 0.4) is 0 Å². The van der Waals surface area contributed by atoms with Crippen molar-refractivity contribution in [3.63, 3.8) is 0 Å². The molecule has 1 atom stereocenters. The molecule has 1 aliphatic rings. The van der Waals surface area contributed by atoms with Gasteiger partial charge in [-0.25, -0.2) is 0 Å². The normalized spacial score (nSPS) is 15.3. The number of fused-ring (bicyclic) bond motifs is 1. The number of nitrogens with two attached hydrogens (primary N) is 1. The van der Waals surface area contributed by atoms with Gasteiger partial charge in [-0.2, -0.15) is 0 Å². The SMILES string of the molecule is Cc1cc2c(cc1C(=O)CC(C)CN)OCCO2. The lowest BCUT2D eigenvalue weighted by Crippen LogP contribution is -2.18. The quantitative estimate of drug-likeness (QED) is 0.828. The molecule has 0 spiro atoms. The standard InChI is InChI=1S/C14H19NO3/c1-9(8-15)5-12(16)11-7-14-13(6-10(11)2)17-3-4-18-14/h6-7,9H,3-5,8,15H2,1-2H3. The second kappa shape index (κ2) is 5.40. The molecule has 0 radical (unpaired) electrons. The molecular formula is C14H19NO3. The first-order chi connectivity index (χ1) is 8.61. The van der Waals surface area contributed by atoms with Crippen molar-refractivity contribution in [2.75, 3.05) is 19.8 Å². The third kappa shape index (κ3) is 2.64. The van der Waals surface area contributed by atoms with E-state index in [1.165, 1.54) is 0 Å². The first kappa shape index (κ1) is 12.9. The van der Waals surface area contributed by atoms with Gasteiger partial charge in [-0.05, 0) is 37.1 Å². The van der Waals surface area contributed by atoms with Crippen LogP contribution in [0.4, 0.5) is 0 Å². The van der Waals surface area contributed by atoms with Crippen LogP contribution in [0, 0.1) is 12.8 Å². The zero-order valence-corrected chi connectivity index (χ0v) is 10.9. The third-order valence-corrected chi connectivity index (χ3v) is 3.13. The molecule has 0 saturated heterocycles. The minimum Gasteiger partial charge on any atom is -0.486 e. The van der Waals surface area contributed by atoms with Crippen LogP contribution in [0.2, 0.25) is 0 Å². The highest BCUT2D eigenvalue weighted by Gasteiger charge is 2.18. The summed E-state index contributed by atoms with van der Waals surface area (Å²) in [5.41, 5.74) is 7.18. The van der Waals surface area contributed by atoms with Crippen LogP contribution in [0.1, 0.15) is 29.3 Å². The van der Waals surface area contributed by atoms with E-state index in [0.717, 1.165) is 11.3 Å². The highest BCUT2D eigenvalue weighted by Crippen LogP contribution is 2.33. The first-order valence-electron chi connectivity index (χ1n) is 6.25. The van der Waals surface area contributed by atoms with E-state index in [2.05, 4.69) is 0 Å². The summed E-state index contributed by atoms with van der Waals surface area (Å²) in [7, 11) is 0.